The predicted octanol–water partition coefficient (Wildman–Crippen LogP) is 4.03. The number of carbonyl (C=O) groups excluding carboxylic acids is 1. The Bertz CT molecular complexity index is 944. The predicted molar refractivity (Wildman–Crippen MR) is 109 cm³/mol. The summed E-state index contributed by atoms with van der Waals surface area (Å²) >= 11 is 7.60. The van der Waals surface area contributed by atoms with Crippen molar-refractivity contribution in [2.45, 2.75) is 25.8 Å². The molecule has 0 bridgehead atoms. The van der Waals surface area contributed by atoms with Crippen LogP contribution in [-0.2, 0) is 0 Å². The quantitative estimate of drug-likeness (QED) is 0.693. The molecule has 0 unspecified atom stereocenters. The lowest BCUT2D eigenvalue weighted by Crippen LogP contribution is -2.42. The van der Waals surface area contributed by atoms with Gasteiger partial charge in [0.2, 0.25) is 0 Å². The zero-order valence-electron chi connectivity index (χ0n) is 14.3. The van der Waals surface area contributed by atoms with Crippen LogP contribution < -0.4 is 5.73 Å². The number of carbonyl (C=O) groups is 1. The van der Waals surface area contributed by atoms with Crippen molar-refractivity contribution < 1.29 is 4.79 Å². The molecule has 2 N–H and O–H groups in total. The smallest absolute Gasteiger partial charge is 0.264 e. The van der Waals surface area contributed by atoms with Crippen molar-refractivity contribution in [2.24, 2.45) is 5.73 Å². The largest absolute Gasteiger partial charge is 0.338 e. The average molecular weight is 411 g/mol. The number of aryl methyl sites for hydroxylation is 1. The molecule has 4 rings (SSSR count). The molecule has 26 heavy (non-hydrogen) atoms. The van der Waals surface area contributed by atoms with E-state index in [0.29, 0.717) is 5.02 Å². The van der Waals surface area contributed by atoms with Gasteiger partial charge >= 0.3 is 0 Å². The van der Waals surface area contributed by atoms with Gasteiger partial charge in [0.25, 0.3) is 5.91 Å². The van der Waals surface area contributed by atoms with Crippen LogP contribution in [0.25, 0.3) is 15.9 Å². The first-order valence-corrected chi connectivity index (χ1v) is 9.52. The van der Waals surface area contributed by atoms with Crippen molar-refractivity contribution in [1.29, 1.82) is 0 Å². The normalized spacial score (nSPS) is 15.3. The summed E-state index contributed by atoms with van der Waals surface area (Å²) in [5.74, 6) is 0.0881. The lowest BCUT2D eigenvalue weighted by atomic mass is 10.1. The summed E-state index contributed by atoms with van der Waals surface area (Å²) in [6.07, 6.45) is 1.73. The van der Waals surface area contributed by atoms with Crippen LogP contribution in [0.3, 0.4) is 0 Å². The van der Waals surface area contributed by atoms with E-state index in [9.17, 15) is 4.79 Å². The Morgan fingerprint density at radius 2 is 2.04 bits per heavy atom. The number of fused-ring (bicyclic) bond motifs is 1. The Morgan fingerprint density at radius 3 is 2.73 bits per heavy atom. The van der Waals surface area contributed by atoms with E-state index in [0.717, 1.165) is 52.4 Å². The van der Waals surface area contributed by atoms with Gasteiger partial charge in [0.15, 0.2) is 0 Å². The van der Waals surface area contributed by atoms with Gasteiger partial charge in [0, 0.05) is 29.5 Å². The molecule has 1 aromatic carbocycles. The highest BCUT2D eigenvalue weighted by atomic mass is 35.5. The van der Waals surface area contributed by atoms with Crippen LogP contribution in [-0.4, -0.2) is 39.7 Å². The van der Waals surface area contributed by atoms with E-state index in [1.807, 2.05) is 46.8 Å². The Kier molecular flexibility index (Phi) is 5.58. The number of likely N-dealkylation sites (tertiary alicyclic amines) is 1. The zero-order chi connectivity index (χ0) is 17.6. The first-order chi connectivity index (χ1) is 12.0. The molecule has 3 heterocycles. The number of hydrogen-bond donors (Lipinski definition) is 1. The topological polar surface area (TPSA) is 64.2 Å². The van der Waals surface area contributed by atoms with Crippen LogP contribution in [0.1, 0.15) is 28.2 Å². The molecule has 3 aromatic rings. The summed E-state index contributed by atoms with van der Waals surface area (Å²) in [6, 6.07) is 9.75. The highest BCUT2D eigenvalue weighted by Gasteiger charge is 2.24. The Labute approximate surface area is 167 Å². The van der Waals surface area contributed by atoms with E-state index in [1.54, 1.807) is 0 Å². The highest BCUT2D eigenvalue weighted by Crippen LogP contribution is 2.32. The number of aromatic nitrogens is 2. The van der Waals surface area contributed by atoms with Gasteiger partial charge < -0.3 is 10.6 Å². The molecule has 1 fully saturated rings. The number of nitrogens with zero attached hydrogens (tertiary/aromatic N) is 3. The number of rotatable bonds is 2. The molecule has 0 aliphatic carbocycles. The van der Waals surface area contributed by atoms with Crippen LogP contribution in [0, 0.1) is 6.92 Å². The number of benzene rings is 1. The van der Waals surface area contributed by atoms with Crippen LogP contribution in [0.15, 0.2) is 30.3 Å². The summed E-state index contributed by atoms with van der Waals surface area (Å²) in [6.45, 7) is 3.42. The number of halogens is 2. The van der Waals surface area contributed by atoms with Crippen LogP contribution in [0.4, 0.5) is 0 Å². The summed E-state index contributed by atoms with van der Waals surface area (Å²) in [4.78, 5) is 16.5. The Hall–Kier alpha value is -1.60. The van der Waals surface area contributed by atoms with E-state index < -0.39 is 0 Å². The summed E-state index contributed by atoms with van der Waals surface area (Å²) in [7, 11) is 0. The molecule has 138 valence electrons. The maximum atomic E-state index is 12.8. The molecular formula is C18H20Cl2N4OS. The molecule has 1 aliphatic rings. The van der Waals surface area contributed by atoms with Crippen molar-refractivity contribution in [1.82, 2.24) is 14.7 Å². The van der Waals surface area contributed by atoms with Gasteiger partial charge in [-0.25, -0.2) is 4.68 Å². The minimum atomic E-state index is 0. The third-order valence-corrected chi connectivity index (χ3v) is 5.97. The molecule has 1 aliphatic heterocycles. The molecule has 0 radical (unpaired) electrons. The maximum absolute atomic E-state index is 12.8. The molecule has 1 amide bonds. The third kappa shape index (κ3) is 3.47. The molecule has 8 heteroatoms. The number of thiophene rings is 1. The first-order valence-electron chi connectivity index (χ1n) is 8.33. The van der Waals surface area contributed by atoms with Crippen molar-refractivity contribution in [3.8, 4) is 5.69 Å². The number of amides is 1. The van der Waals surface area contributed by atoms with Crippen LogP contribution in [0.5, 0.6) is 0 Å². The Morgan fingerprint density at radius 1 is 1.31 bits per heavy atom. The fourth-order valence-corrected chi connectivity index (χ4v) is 4.53. The van der Waals surface area contributed by atoms with Gasteiger partial charge in [0.05, 0.1) is 16.3 Å². The van der Waals surface area contributed by atoms with Gasteiger partial charge in [0.1, 0.15) is 4.83 Å². The van der Waals surface area contributed by atoms with Crippen molar-refractivity contribution >= 4 is 51.5 Å². The molecule has 0 spiro atoms. The van der Waals surface area contributed by atoms with Gasteiger partial charge in [-0.05, 0) is 44.0 Å². The number of piperidine rings is 1. The lowest BCUT2D eigenvalue weighted by Gasteiger charge is -2.29. The lowest BCUT2D eigenvalue weighted by molar-refractivity contribution is 0.0720. The molecule has 0 atom stereocenters. The van der Waals surface area contributed by atoms with Gasteiger partial charge in [-0.15, -0.1) is 23.7 Å². The summed E-state index contributed by atoms with van der Waals surface area (Å²) < 4.78 is 1.87. The van der Waals surface area contributed by atoms with E-state index in [2.05, 4.69) is 5.10 Å². The molecule has 1 saturated heterocycles. The highest BCUT2D eigenvalue weighted by molar-refractivity contribution is 7.20. The van der Waals surface area contributed by atoms with Crippen molar-refractivity contribution in [3.63, 3.8) is 0 Å². The standard InChI is InChI=1S/C18H19ClN4OS.ClH/c1-11-15-10-16(17(24)22-7-5-13(20)6-8-22)25-18(15)23(21-11)14-4-2-3-12(19)9-14;/h2-4,9-10,13H,5-8,20H2,1H3;1H. The first kappa shape index (κ1) is 19.2. The van der Waals surface area contributed by atoms with E-state index in [4.69, 9.17) is 17.3 Å². The second kappa shape index (κ2) is 7.56. The fraction of sp³-hybridized carbons (Fsp3) is 0.333. The zero-order valence-corrected chi connectivity index (χ0v) is 16.7. The molecule has 0 saturated carbocycles. The average Bonchev–Trinajstić information content (AvgIpc) is 3.16. The van der Waals surface area contributed by atoms with Gasteiger partial charge in [-0.3, -0.25) is 4.79 Å². The molecular weight excluding hydrogens is 391 g/mol. The number of nitrogens with two attached hydrogens (primary N) is 1. The second-order valence-electron chi connectivity index (χ2n) is 6.44. The molecule has 2 aromatic heterocycles. The van der Waals surface area contributed by atoms with Crippen molar-refractivity contribution in [2.75, 3.05) is 13.1 Å². The maximum Gasteiger partial charge on any atom is 0.264 e. The summed E-state index contributed by atoms with van der Waals surface area (Å²) in [5, 5.41) is 6.29. The SMILES string of the molecule is Cc1nn(-c2cccc(Cl)c2)c2sc(C(=O)N3CCC(N)CC3)cc12.Cl. The Balaban J connectivity index is 0.00000196. The van der Waals surface area contributed by atoms with E-state index in [1.165, 1.54) is 11.3 Å². The summed E-state index contributed by atoms with van der Waals surface area (Å²) in [5.41, 5.74) is 7.75. The van der Waals surface area contributed by atoms with Gasteiger partial charge in [-0.2, -0.15) is 5.10 Å². The minimum absolute atomic E-state index is 0. The van der Waals surface area contributed by atoms with Crippen LogP contribution in [0.2, 0.25) is 5.02 Å². The van der Waals surface area contributed by atoms with Crippen LogP contribution >= 0.6 is 35.3 Å². The third-order valence-electron chi connectivity index (χ3n) is 4.64. The van der Waals surface area contributed by atoms with Crippen molar-refractivity contribution in [3.05, 3.63) is 45.9 Å². The monoisotopic (exact) mass is 410 g/mol. The van der Waals surface area contributed by atoms with Gasteiger partial charge in [-0.1, -0.05) is 17.7 Å². The number of hydrogen-bond acceptors (Lipinski definition) is 4. The molecule has 5 nitrogen and oxygen atoms in total. The van der Waals surface area contributed by atoms with E-state index in [-0.39, 0.29) is 24.4 Å². The fourth-order valence-electron chi connectivity index (χ4n) is 3.19. The van der Waals surface area contributed by atoms with E-state index >= 15 is 0 Å². The second-order valence-corrected chi connectivity index (χ2v) is 7.90. The minimum Gasteiger partial charge on any atom is -0.338 e.